The van der Waals surface area contributed by atoms with Gasteiger partial charge in [0.1, 0.15) is 0 Å². The minimum Gasteiger partial charge on any atom is -0.341 e. The van der Waals surface area contributed by atoms with Crippen LogP contribution in [-0.2, 0) is 17.8 Å². The highest BCUT2D eigenvalue weighted by atomic mass is 32.1. The molecule has 1 aromatic carbocycles. The van der Waals surface area contributed by atoms with Gasteiger partial charge in [0.05, 0.1) is 29.0 Å². The number of carbonyl (C=O) groups excluding carboxylic acids is 1. The number of carbonyl (C=O) groups is 1. The van der Waals surface area contributed by atoms with Crippen LogP contribution in [0.15, 0.2) is 42.0 Å². The van der Waals surface area contributed by atoms with Crippen molar-refractivity contribution < 1.29 is 4.79 Å². The van der Waals surface area contributed by atoms with Gasteiger partial charge < -0.3 is 4.90 Å². The summed E-state index contributed by atoms with van der Waals surface area (Å²) >= 11 is 1.57. The Labute approximate surface area is 145 Å². The highest BCUT2D eigenvalue weighted by molar-refractivity contribution is 7.09. The fourth-order valence-electron chi connectivity index (χ4n) is 2.54. The molecule has 0 spiro atoms. The molecule has 3 aromatic rings. The van der Waals surface area contributed by atoms with Crippen molar-refractivity contribution in [2.75, 3.05) is 7.05 Å². The first kappa shape index (κ1) is 16.4. The van der Waals surface area contributed by atoms with Gasteiger partial charge in [-0.25, -0.2) is 9.67 Å². The molecule has 0 aliphatic heterocycles. The summed E-state index contributed by atoms with van der Waals surface area (Å²) in [5, 5.41) is 7.34. The van der Waals surface area contributed by atoms with E-state index in [1.807, 2.05) is 54.6 Å². The highest BCUT2D eigenvalue weighted by Crippen LogP contribution is 2.14. The van der Waals surface area contributed by atoms with Crippen LogP contribution in [0.5, 0.6) is 0 Å². The molecule has 0 saturated carbocycles. The van der Waals surface area contributed by atoms with E-state index in [0.29, 0.717) is 13.0 Å². The summed E-state index contributed by atoms with van der Waals surface area (Å²) in [6, 6.07) is 8.10. The first-order chi connectivity index (χ1) is 11.5. The average Bonchev–Trinajstić information content (AvgIpc) is 3.17. The first-order valence-corrected chi connectivity index (χ1v) is 8.65. The van der Waals surface area contributed by atoms with Crippen LogP contribution in [0.2, 0.25) is 0 Å². The summed E-state index contributed by atoms with van der Waals surface area (Å²) in [5.41, 5.74) is 4.06. The second kappa shape index (κ2) is 6.97. The molecule has 3 rings (SSSR count). The lowest BCUT2D eigenvalue weighted by Crippen LogP contribution is -2.27. The Morgan fingerprint density at radius 2 is 2.08 bits per heavy atom. The van der Waals surface area contributed by atoms with Crippen molar-refractivity contribution in [2.45, 2.75) is 26.8 Å². The summed E-state index contributed by atoms with van der Waals surface area (Å²) in [5.74, 6) is 0.0592. The highest BCUT2D eigenvalue weighted by Gasteiger charge is 2.13. The van der Waals surface area contributed by atoms with Crippen molar-refractivity contribution in [2.24, 2.45) is 0 Å². The first-order valence-electron chi connectivity index (χ1n) is 7.77. The van der Waals surface area contributed by atoms with E-state index in [0.717, 1.165) is 27.5 Å². The van der Waals surface area contributed by atoms with E-state index in [-0.39, 0.29) is 5.91 Å². The van der Waals surface area contributed by atoms with Crippen LogP contribution >= 0.6 is 11.3 Å². The van der Waals surface area contributed by atoms with Gasteiger partial charge >= 0.3 is 0 Å². The van der Waals surface area contributed by atoms with Crippen molar-refractivity contribution in [3.05, 3.63) is 63.9 Å². The molecule has 2 aromatic heterocycles. The van der Waals surface area contributed by atoms with Gasteiger partial charge in [0, 0.05) is 30.7 Å². The lowest BCUT2D eigenvalue weighted by atomic mass is 10.2. The summed E-state index contributed by atoms with van der Waals surface area (Å²) in [4.78, 5) is 18.4. The van der Waals surface area contributed by atoms with E-state index in [2.05, 4.69) is 23.1 Å². The second-order valence-electron chi connectivity index (χ2n) is 5.86. The Bertz CT molecular complexity index is 852. The zero-order valence-electron chi connectivity index (χ0n) is 14.1. The van der Waals surface area contributed by atoms with Crippen molar-refractivity contribution in [3.8, 4) is 5.69 Å². The fourth-order valence-corrected chi connectivity index (χ4v) is 3.15. The van der Waals surface area contributed by atoms with E-state index >= 15 is 0 Å². The van der Waals surface area contributed by atoms with E-state index in [1.165, 1.54) is 0 Å². The number of benzene rings is 1. The summed E-state index contributed by atoms with van der Waals surface area (Å²) < 4.78 is 1.85. The number of para-hydroxylation sites is 1. The minimum absolute atomic E-state index is 0.0592. The van der Waals surface area contributed by atoms with Gasteiger partial charge in [-0.1, -0.05) is 18.2 Å². The van der Waals surface area contributed by atoms with Gasteiger partial charge in [0.15, 0.2) is 0 Å². The lowest BCUT2D eigenvalue weighted by Gasteiger charge is -2.15. The Kier molecular flexibility index (Phi) is 4.76. The molecule has 6 heteroatoms. The molecule has 0 aliphatic carbocycles. The van der Waals surface area contributed by atoms with Crippen molar-refractivity contribution >= 4 is 17.2 Å². The van der Waals surface area contributed by atoms with Crippen LogP contribution in [0.25, 0.3) is 5.69 Å². The zero-order chi connectivity index (χ0) is 17.1. The Morgan fingerprint density at radius 3 is 2.79 bits per heavy atom. The minimum atomic E-state index is 0.0592. The molecule has 0 radical (unpaired) electrons. The number of nitrogens with zero attached hydrogens (tertiary/aromatic N) is 4. The monoisotopic (exact) mass is 340 g/mol. The predicted octanol–water partition coefficient (Wildman–Crippen LogP) is 3.15. The number of aromatic nitrogens is 3. The number of amides is 1. The zero-order valence-corrected chi connectivity index (χ0v) is 14.9. The van der Waals surface area contributed by atoms with Crippen LogP contribution < -0.4 is 0 Å². The normalized spacial score (nSPS) is 10.8. The van der Waals surface area contributed by atoms with E-state index < -0.39 is 0 Å². The molecule has 1 amide bonds. The van der Waals surface area contributed by atoms with E-state index in [1.54, 1.807) is 16.2 Å². The third kappa shape index (κ3) is 3.71. The molecule has 0 saturated heterocycles. The number of thiazole rings is 1. The second-order valence-corrected chi connectivity index (χ2v) is 6.93. The largest absolute Gasteiger partial charge is 0.341 e. The molecule has 0 aliphatic rings. The number of hydrogen-bond acceptors (Lipinski definition) is 4. The third-order valence-electron chi connectivity index (χ3n) is 3.84. The Hall–Kier alpha value is -2.47. The number of hydrogen-bond donors (Lipinski definition) is 0. The Morgan fingerprint density at radius 1 is 1.29 bits per heavy atom. The topological polar surface area (TPSA) is 51.0 Å². The van der Waals surface area contributed by atoms with Gasteiger partial charge in [-0.2, -0.15) is 5.10 Å². The number of rotatable bonds is 5. The van der Waals surface area contributed by atoms with E-state index in [9.17, 15) is 4.79 Å². The van der Waals surface area contributed by atoms with Crippen LogP contribution in [0.1, 0.15) is 21.8 Å². The van der Waals surface area contributed by atoms with Crippen LogP contribution in [0, 0.1) is 13.8 Å². The maximum atomic E-state index is 12.3. The van der Waals surface area contributed by atoms with Crippen LogP contribution in [0.4, 0.5) is 0 Å². The predicted molar refractivity (Wildman–Crippen MR) is 95.3 cm³/mol. The molecule has 0 bridgehead atoms. The molecule has 0 unspecified atom stereocenters. The molecule has 5 nitrogen and oxygen atoms in total. The molecule has 24 heavy (non-hydrogen) atoms. The molecule has 0 atom stereocenters. The lowest BCUT2D eigenvalue weighted by molar-refractivity contribution is -0.129. The number of likely N-dealkylation sites (N-methyl/N-ethyl adjacent to an activating group) is 1. The van der Waals surface area contributed by atoms with Crippen molar-refractivity contribution in [1.29, 1.82) is 0 Å². The van der Waals surface area contributed by atoms with Gasteiger partial charge in [-0.05, 0) is 25.5 Å². The quantitative estimate of drug-likeness (QED) is 0.717. The van der Waals surface area contributed by atoms with E-state index in [4.69, 9.17) is 0 Å². The van der Waals surface area contributed by atoms with Crippen LogP contribution in [-0.4, -0.2) is 32.6 Å². The maximum Gasteiger partial charge on any atom is 0.228 e. The average molecular weight is 340 g/mol. The molecule has 124 valence electrons. The summed E-state index contributed by atoms with van der Waals surface area (Å²) in [7, 11) is 1.81. The fraction of sp³-hybridized carbons (Fsp3) is 0.278. The summed E-state index contributed by atoms with van der Waals surface area (Å²) in [6.07, 6.45) is 4.12. The molecular weight excluding hydrogens is 320 g/mol. The van der Waals surface area contributed by atoms with Crippen molar-refractivity contribution in [1.82, 2.24) is 19.7 Å². The SMILES string of the molecule is Cc1nc(CC(=O)N(C)Cc2cnn(-c3ccccc3C)c2)cs1. The molecule has 0 fully saturated rings. The molecule has 2 heterocycles. The maximum absolute atomic E-state index is 12.3. The smallest absolute Gasteiger partial charge is 0.228 e. The Balaban J connectivity index is 1.66. The van der Waals surface area contributed by atoms with Crippen LogP contribution in [0.3, 0.4) is 0 Å². The standard InChI is InChI=1S/C18H20N4OS/c1-13-6-4-5-7-17(13)22-11-15(9-19-22)10-21(3)18(23)8-16-12-24-14(2)20-16/h4-7,9,11-12H,8,10H2,1-3H3. The number of aryl methyl sites for hydroxylation is 2. The summed E-state index contributed by atoms with van der Waals surface area (Å²) in [6.45, 7) is 4.54. The third-order valence-corrected chi connectivity index (χ3v) is 4.67. The van der Waals surface area contributed by atoms with Gasteiger partial charge in [0.25, 0.3) is 0 Å². The van der Waals surface area contributed by atoms with Crippen molar-refractivity contribution in [3.63, 3.8) is 0 Å². The molecule has 0 N–H and O–H groups in total. The van der Waals surface area contributed by atoms with Gasteiger partial charge in [-0.15, -0.1) is 11.3 Å². The van der Waals surface area contributed by atoms with Gasteiger partial charge in [0.2, 0.25) is 5.91 Å². The van der Waals surface area contributed by atoms with Gasteiger partial charge in [-0.3, -0.25) is 4.79 Å². The molecular formula is C18H20N4OS.